The van der Waals surface area contributed by atoms with Crippen LogP contribution in [0, 0.1) is 0 Å². The molecule has 0 saturated heterocycles. The molecule has 0 saturated carbocycles. The highest BCUT2D eigenvalue weighted by Gasteiger charge is 1.81. The van der Waals surface area contributed by atoms with Crippen molar-refractivity contribution in [3.05, 3.63) is 64.3 Å². The summed E-state index contributed by atoms with van der Waals surface area (Å²) in [6.07, 6.45) is 3.50. The minimum absolute atomic E-state index is 0.169. The van der Waals surface area contributed by atoms with Crippen LogP contribution in [0.3, 0.4) is 0 Å². The molecule has 3 nitrogen and oxygen atoms in total. The summed E-state index contributed by atoms with van der Waals surface area (Å²) in [5.74, 6) is 0. The van der Waals surface area contributed by atoms with Gasteiger partial charge in [-0.25, -0.2) is 0 Å². The van der Waals surface area contributed by atoms with E-state index in [0.717, 1.165) is 0 Å². The molecule has 2 aromatic heterocycles. The van der Waals surface area contributed by atoms with Gasteiger partial charge in [0.2, 0.25) is 5.56 Å². The van der Waals surface area contributed by atoms with Crippen molar-refractivity contribution in [2.75, 3.05) is 0 Å². The third-order valence-electron chi connectivity index (χ3n) is 1.30. The van der Waals surface area contributed by atoms with Crippen molar-refractivity contribution >= 4 is 11.6 Å². The Balaban J connectivity index is 0.000000146. The Morgan fingerprint density at radius 3 is 2.07 bits per heavy atom. The first-order chi connectivity index (χ1) is 6.79. The van der Waals surface area contributed by atoms with Crippen LogP contribution >= 0.6 is 11.6 Å². The zero-order chi connectivity index (χ0) is 10.2. The van der Waals surface area contributed by atoms with E-state index >= 15 is 0 Å². The first-order valence-corrected chi connectivity index (χ1v) is 4.36. The SMILES string of the molecule is O=c1cccc(Cl)[nH]1.c1ccncc1. The third-order valence-corrected chi connectivity index (χ3v) is 1.52. The number of aromatic nitrogens is 2. The Kier molecular flexibility index (Phi) is 4.44. The molecule has 0 aromatic carbocycles. The second kappa shape index (κ2) is 5.94. The highest BCUT2D eigenvalue weighted by Crippen LogP contribution is 1.95. The molecule has 4 heteroatoms. The smallest absolute Gasteiger partial charge is 0.249 e. The number of rotatable bonds is 0. The van der Waals surface area contributed by atoms with Crippen LogP contribution in [-0.2, 0) is 0 Å². The summed E-state index contributed by atoms with van der Waals surface area (Å²) in [4.78, 5) is 16.5. The van der Waals surface area contributed by atoms with Gasteiger partial charge in [0.05, 0.1) is 0 Å². The zero-order valence-electron chi connectivity index (χ0n) is 7.35. The van der Waals surface area contributed by atoms with Gasteiger partial charge >= 0.3 is 0 Å². The van der Waals surface area contributed by atoms with Gasteiger partial charge in [-0.05, 0) is 18.2 Å². The van der Waals surface area contributed by atoms with E-state index < -0.39 is 0 Å². The summed E-state index contributed by atoms with van der Waals surface area (Å²) in [6.45, 7) is 0. The predicted molar refractivity (Wildman–Crippen MR) is 56.3 cm³/mol. The van der Waals surface area contributed by atoms with E-state index in [9.17, 15) is 4.79 Å². The maximum Gasteiger partial charge on any atom is 0.249 e. The number of nitrogens with one attached hydrogen (secondary N) is 1. The Labute approximate surface area is 86.4 Å². The molecular formula is C10H9ClN2O. The van der Waals surface area contributed by atoms with Crippen molar-refractivity contribution in [3.8, 4) is 0 Å². The molecule has 0 aliphatic heterocycles. The quantitative estimate of drug-likeness (QED) is 0.674. The lowest BCUT2D eigenvalue weighted by Crippen LogP contribution is -2.00. The second-order valence-electron chi connectivity index (χ2n) is 2.39. The van der Waals surface area contributed by atoms with E-state index in [1.165, 1.54) is 6.07 Å². The van der Waals surface area contributed by atoms with E-state index in [1.54, 1.807) is 24.5 Å². The number of aromatic amines is 1. The van der Waals surface area contributed by atoms with Crippen LogP contribution in [0.2, 0.25) is 5.15 Å². The molecule has 0 aliphatic carbocycles. The van der Waals surface area contributed by atoms with Crippen molar-refractivity contribution in [1.29, 1.82) is 0 Å². The molecule has 0 radical (unpaired) electrons. The van der Waals surface area contributed by atoms with Gasteiger partial charge in [0, 0.05) is 18.5 Å². The fourth-order valence-corrected chi connectivity index (χ4v) is 0.899. The van der Waals surface area contributed by atoms with Crippen LogP contribution < -0.4 is 5.56 Å². The van der Waals surface area contributed by atoms with Gasteiger partial charge in [0.1, 0.15) is 5.15 Å². The van der Waals surface area contributed by atoms with E-state index in [2.05, 4.69) is 9.97 Å². The summed E-state index contributed by atoms with van der Waals surface area (Å²) >= 11 is 5.39. The number of nitrogens with zero attached hydrogens (tertiary/aromatic N) is 1. The van der Waals surface area contributed by atoms with Crippen LogP contribution in [0.15, 0.2) is 53.6 Å². The monoisotopic (exact) mass is 208 g/mol. The molecule has 14 heavy (non-hydrogen) atoms. The topological polar surface area (TPSA) is 45.8 Å². The van der Waals surface area contributed by atoms with Gasteiger partial charge < -0.3 is 4.98 Å². The largest absolute Gasteiger partial charge is 0.313 e. The Morgan fingerprint density at radius 1 is 1.07 bits per heavy atom. The lowest BCUT2D eigenvalue weighted by molar-refractivity contribution is 1.24. The van der Waals surface area contributed by atoms with Gasteiger partial charge in [0.15, 0.2) is 0 Å². The van der Waals surface area contributed by atoms with E-state index in [0.29, 0.717) is 5.15 Å². The average Bonchev–Trinajstić information content (AvgIpc) is 2.21. The molecule has 0 atom stereocenters. The Morgan fingerprint density at radius 2 is 1.79 bits per heavy atom. The van der Waals surface area contributed by atoms with Crippen molar-refractivity contribution < 1.29 is 0 Å². The number of halogens is 1. The molecule has 1 N–H and O–H groups in total. The first kappa shape index (κ1) is 10.5. The van der Waals surface area contributed by atoms with Crippen molar-refractivity contribution in [3.63, 3.8) is 0 Å². The van der Waals surface area contributed by atoms with Crippen LogP contribution in [-0.4, -0.2) is 9.97 Å². The van der Waals surface area contributed by atoms with Gasteiger partial charge in [0.25, 0.3) is 0 Å². The lowest BCUT2D eigenvalue weighted by atomic mass is 10.5. The molecule has 2 heterocycles. The zero-order valence-corrected chi connectivity index (χ0v) is 8.11. The van der Waals surface area contributed by atoms with Crippen LogP contribution in [0.1, 0.15) is 0 Å². The molecule has 0 aliphatic rings. The van der Waals surface area contributed by atoms with Gasteiger partial charge in [-0.15, -0.1) is 0 Å². The highest BCUT2D eigenvalue weighted by molar-refractivity contribution is 6.29. The first-order valence-electron chi connectivity index (χ1n) is 3.99. The van der Waals surface area contributed by atoms with Gasteiger partial charge in [-0.2, -0.15) is 0 Å². The molecule has 0 spiro atoms. The van der Waals surface area contributed by atoms with Crippen molar-refractivity contribution in [2.24, 2.45) is 0 Å². The van der Waals surface area contributed by atoms with Crippen LogP contribution in [0.25, 0.3) is 0 Å². The number of H-pyrrole nitrogens is 1. The molecule has 72 valence electrons. The molecule has 0 fully saturated rings. The fraction of sp³-hybridized carbons (Fsp3) is 0. The molecular weight excluding hydrogens is 200 g/mol. The second-order valence-corrected chi connectivity index (χ2v) is 2.79. The highest BCUT2D eigenvalue weighted by atomic mass is 35.5. The normalized spacial score (nSPS) is 8.64. The number of hydrogen-bond acceptors (Lipinski definition) is 2. The van der Waals surface area contributed by atoms with Crippen molar-refractivity contribution in [2.45, 2.75) is 0 Å². The van der Waals surface area contributed by atoms with Gasteiger partial charge in [-0.1, -0.05) is 23.7 Å². The molecule has 2 rings (SSSR count). The molecule has 2 aromatic rings. The number of pyridine rings is 2. The average molecular weight is 209 g/mol. The Bertz CT molecular complexity index is 387. The maximum atomic E-state index is 10.4. The summed E-state index contributed by atoms with van der Waals surface area (Å²) in [5.41, 5.74) is -0.169. The molecule has 0 bridgehead atoms. The fourth-order valence-electron chi connectivity index (χ4n) is 0.734. The summed E-state index contributed by atoms with van der Waals surface area (Å²) < 4.78 is 0. The van der Waals surface area contributed by atoms with Crippen molar-refractivity contribution in [1.82, 2.24) is 9.97 Å². The minimum atomic E-state index is -0.169. The molecule has 0 amide bonds. The molecule has 0 unspecified atom stereocenters. The van der Waals surface area contributed by atoms with E-state index in [1.807, 2.05) is 18.2 Å². The lowest BCUT2D eigenvalue weighted by Gasteiger charge is -1.82. The van der Waals surface area contributed by atoms with Crippen LogP contribution in [0.5, 0.6) is 0 Å². The van der Waals surface area contributed by atoms with E-state index in [4.69, 9.17) is 11.6 Å². The third kappa shape index (κ3) is 4.42. The van der Waals surface area contributed by atoms with Crippen LogP contribution in [0.4, 0.5) is 0 Å². The summed E-state index contributed by atoms with van der Waals surface area (Å²) in [5, 5.41) is 0.373. The minimum Gasteiger partial charge on any atom is -0.313 e. The summed E-state index contributed by atoms with van der Waals surface area (Å²) in [7, 11) is 0. The Hall–Kier alpha value is -1.61. The maximum absolute atomic E-state index is 10.4. The van der Waals surface area contributed by atoms with Gasteiger partial charge in [-0.3, -0.25) is 9.78 Å². The van der Waals surface area contributed by atoms with E-state index in [-0.39, 0.29) is 5.56 Å². The number of hydrogen-bond donors (Lipinski definition) is 1. The summed E-state index contributed by atoms with van der Waals surface area (Å²) in [6, 6.07) is 10.3. The standard InChI is InChI=1S/C5H4ClNO.C5H5N/c6-4-2-1-3-5(8)7-4;1-2-4-6-5-3-1/h1-3H,(H,7,8);1-5H. The predicted octanol–water partition coefficient (Wildman–Crippen LogP) is 2.11.